The first kappa shape index (κ1) is 14.1. The molecule has 1 aromatic rings. The van der Waals surface area contributed by atoms with Gasteiger partial charge in [0.15, 0.2) is 21.3 Å². The first-order chi connectivity index (χ1) is 8.95. The Labute approximate surface area is 112 Å². The van der Waals surface area contributed by atoms with Crippen molar-refractivity contribution in [3.05, 3.63) is 23.8 Å². The predicted molar refractivity (Wildman–Crippen MR) is 70.0 cm³/mol. The molecule has 1 fully saturated rings. The second-order valence-electron chi connectivity index (χ2n) is 4.49. The van der Waals surface area contributed by atoms with Crippen molar-refractivity contribution in [1.82, 2.24) is 0 Å². The molecule has 0 radical (unpaired) electrons. The lowest BCUT2D eigenvalue weighted by Crippen LogP contribution is -2.30. The van der Waals surface area contributed by atoms with Gasteiger partial charge in [-0.05, 0) is 17.7 Å². The molecule has 0 saturated carbocycles. The summed E-state index contributed by atoms with van der Waals surface area (Å²) in [6, 6.07) is 5.19. The number of rotatable bonds is 4. The molecule has 6 nitrogen and oxygen atoms in total. The first-order valence-corrected chi connectivity index (χ1v) is 7.69. The van der Waals surface area contributed by atoms with E-state index >= 15 is 0 Å². The topological polar surface area (TPSA) is 98.9 Å². The highest BCUT2D eigenvalue weighted by molar-refractivity contribution is 7.91. The van der Waals surface area contributed by atoms with Gasteiger partial charge in [0.1, 0.15) is 12.2 Å². The van der Waals surface area contributed by atoms with E-state index < -0.39 is 22.0 Å². The SMILES string of the molecule is COc1ccc(CN)cc1OC1CS(=O)(=O)CC1O. The van der Waals surface area contributed by atoms with Gasteiger partial charge in [0.2, 0.25) is 0 Å². The molecular weight excluding hydrogens is 270 g/mol. The third-order valence-electron chi connectivity index (χ3n) is 3.01. The number of methoxy groups -OCH3 is 1. The van der Waals surface area contributed by atoms with Crippen LogP contribution in [0.15, 0.2) is 18.2 Å². The first-order valence-electron chi connectivity index (χ1n) is 5.87. The fraction of sp³-hybridized carbons (Fsp3) is 0.500. The molecule has 1 heterocycles. The quantitative estimate of drug-likeness (QED) is 0.788. The van der Waals surface area contributed by atoms with Gasteiger partial charge in [-0.25, -0.2) is 8.42 Å². The van der Waals surface area contributed by atoms with Crippen LogP contribution in [0.1, 0.15) is 5.56 Å². The Kier molecular flexibility index (Phi) is 3.98. The van der Waals surface area contributed by atoms with E-state index in [-0.39, 0.29) is 11.5 Å². The van der Waals surface area contributed by atoms with Crippen LogP contribution in [0.25, 0.3) is 0 Å². The Morgan fingerprint density at radius 2 is 2.11 bits per heavy atom. The largest absolute Gasteiger partial charge is 0.493 e. The monoisotopic (exact) mass is 287 g/mol. The van der Waals surface area contributed by atoms with Crippen LogP contribution in [0.5, 0.6) is 11.5 Å². The van der Waals surface area contributed by atoms with Crippen LogP contribution in [0.2, 0.25) is 0 Å². The fourth-order valence-electron chi connectivity index (χ4n) is 2.01. The van der Waals surface area contributed by atoms with E-state index in [1.165, 1.54) is 7.11 Å². The summed E-state index contributed by atoms with van der Waals surface area (Å²) in [6.45, 7) is 0.339. The number of nitrogens with two attached hydrogens (primary N) is 1. The highest BCUT2D eigenvalue weighted by Gasteiger charge is 2.38. The Hall–Kier alpha value is -1.31. The van der Waals surface area contributed by atoms with Crippen molar-refractivity contribution in [1.29, 1.82) is 0 Å². The molecule has 19 heavy (non-hydrogen) atoms. The molecule has 0 spiro atoms. The standard InChI is InChI=1S/C12H17NO5S/c1-17-10-3-2-8(5-13)4-11(10)18-12-7-19(15,16)6-9(12)14/h2-4,9,12,14H,5-7,13H2,1H3. The van der Waals surface area contributed by atoms with Gasteiger partial charge in [-0.3, -0.25) is 0 Å². The summed E-state index contributed by atoms with van der Waals surface area (Å²) in [5.41, 5.74) is 6.39. The van der Waals surface area contributed by atoms with Gasteiger partial charge in [-0.1, -0.05) is 6.07 Å². The highest BCUT2D eigenvalue weighted by Crippen LogP contribution is 2.30. The minimum Gasteiger partial charge on any atom is -0.493 e. The Morgan fingerprint density at radius 1 is 1.37 bits per heavy atom. The van der Waals surface area contributed by atoms with E-state index in [1.54, 1.807) is 18.2 Å². The summed E-state index contributed by atoms with van der Waals surface area (Å²) < 4.78 is 33.6. The van der Waals surface area contributed by atoms with Crippen molar-refractivity contribution in [3.8, 4) is 11.5 Å². The van der Waals surface area contributed by atoms with Crippen molar-refractivity contribution in [2.24, 2.45) is 5.73 Å². The predicted octanol–water partition coefficient (Wildman–Crippen LogP) is -0.309. The van der Waals surface area contributed by atoms with Gasteiger partial charge in [0.05, 0.1) is 18.6 Å². The number of aliphatic hydroxyl groups excluding tert-OH is 1. The zero-order valence-corrected chi connectivity index (χ0v) is 11.4. The lowest BCUT2D eigenvalue weighted by atomic mass is 10.2. The van der Waals surface area contributed by atoms with Crippen LogP contribution >= 0.6 is 0 Å². The fourth-order valence-corrected chi connectivity index (χ4v) is 3.67. The Morgan fingerprint density at radius 3 is 2.63 bits per heavy atom. The van der Waals surface area contributed by atoms with Gasteiger partial charge >= 0.3 is 0 Å². The average Bonchev–Trinajstić information content (AvgIpc) is 2.62. The summed E-state index contributed by atoms with van der Waals surface area (Å²) in [6.07, 6.45) is -1.79. The number of aliphatic hydroxyl groups is 1. The van der Waals surface area contributed by atoms with Crippen LogP contribution in [-0.4, -0.2) is 44.3 Å². The highest BCUT2D eigenvalue weighted by atomic mass is 32.2. The minimum atomic E-state index is -3.24. The van der Waals surface area contributed by atoms with Gasteiger partial charge in [0, 0.05) is 6.54 Å². The van der Waals surface area contributed by atoms with Crippen LogP contribution in [0.3, 0.4) is 0 Å². The minimum absolute atomic E-state index is 0.190. The molecule has 2 rings (SSSR count). The smallest absolute Gasteiger partial charge is 0.162 e. The summed E-state index contributed by atoms with van der Waals surface area (Å²) >= 11 is 0. The molecule has 2 unspecified atom stereocenters. The number of benzene rings is 1. The molecule has 3 N–H and O–H groups in total. The van der Waals surface area contributed by atoms with Gasteiger partial charge < -0.3 is 20.3 Å². The molecule has 1 aliphatic heterocycles. The maximum atomic E-state index is 11.4. The Balaban J connectivity index is 2.23. The van der Waals surface area contributed by atoms with Crippen LogP contribution in [0.4, 0.5) is 0 Å². The molecule has 7 heteroatoms. The normalized spacial score (nSPS) is 25.2. The average molecular weight is 287 g/mol. The number of hydrogen-bond donors (Lipinski definition) is 2. The number of hydrogen-bond acceptors (Lipinski definition) is 6. The third kappa shape index (κ3) is 3.17. The number of sulfone groups is 1. The maximum Gasteiger partial charge on any atom is 0.162 e. The van der Waals surface area contributed by atoms with E-state index in [9.17, 15) is 13.5 Å². The lowest BCUT2D eigenvalue weighted by Gasteiger charge is -2.18. The second kappa shape index (κ2) is 5.36. The van der Waals surface area contributed by atoms with Crippen LogP contribution in [0, 0.1) is 0 Å². The van der Waals surface area contributed by atoms with Crippen molar-refractivity contribution < 1.29 is 23.0 Å². The molecule has 2 atom stereocenters. The molecule has 106 valence electrons. The number of ether oxygens (including phenoxy) is 2. The summed E-state index contributed by atoms with van der Waals surface area (Å²) in [5, 5.41) is 9.71. The Bertz CT molecular complexity index is 557. The van der Waals surface area contributed by atoms with Crippen molar-refractivity contribution in [2.75, 3.05) is 18.6 Å². The molecule has 0 aliphatic carbocycles. The van der Waals surface area contributed by atoms with E-state index in [0.717, 1.165) is 5.56 Å². The van der Waals surface area contributed by atoms with E-state index in [1.807, 2.05) is 0 Å². The zero-order chi connectivity index (χ0) is 14.0. The maximum absolute atomic E-state index is 11.4. The van der Waals surface area contributed by atoms with Crippen LogP contribution < -0.4 is 15.2 Å². The van der Waals surface area contributed by atoms with Gasteiger partial charge in [-0.15, -0.1) is 0 Å². The van der Waals surface area contributed by atoms with E-state index in [4.69, 9.17) is 15.2 Å². The third-order valence-corrected chi connectivity index (χ3v) is 4.70. The summed E-state index contributed by atoms with van der Waals surface area (Å²) in [7, 11) is -1.75. The molecule has 0 amide bonds. The second-order valence-corrected chi connectivity index (χ2v) is 6.64. The van der Waals surface area contributed by atoms with Crippen LogP contribution in [-0.2, 0) is 16.4 Å². The lowest BCUT2D eigenvalue weighted by molar-refractivity contribution is 0.0718. The summed E-state index contributed by atoms with van der Waals surface area (Å²) in [5.74, 6) is 0.418. The van der Waals surface area contributed by atoms with Crippen molar-refractivity contribution in [2.45, 2.75) is 18.8 Å². The van der Waals surface area contributed by atoms with Gasteiger partial charge in [0.25, 0.3) is 0 Å². The van der Waals surface area contributed by atoms with E-state index in [2.05, 4.69) is 0 Å². The van der Waals surface area contributed by atoms with Crippen molar-refractivity contribution in [3.63, 3.8) is 0 Å². The van der Waals surface area contributed by atoms with E-state index in [0.29, 0.717) is 18.0 Å². The van der Waals surface area contributed by atoms with Crippen molar-refractivity contribution >= 4 is 9.84 Å². The molecular formula is C12H17NO5S. The molecule has 1 aliphatic rings. The molecule has 0 bridgehead atoms. The summed E-state index contributed by atoms with van der Waals surface area (Å²) in [4.78, 5) is 0. The zero-order valence-electron chi connectivity index (χ0n) is 10.6. The molecule has 0 aromatic heterocycles. The van der Waals surface area contributed by atoms with Gasteiger partial charge in [-0.2, -0.15) is 0 Å². The molecule has 1 aromatic carbocycles. The molecule has 1 saturated heterocycles.